The number of rotatable bonds is 8. The van der Waals surface area contributed by atoms with Crippen LogP contribution in [-0.4, -0.2) is 71.7 Å². The molecule has 1 N–H and O–H groups in total. The number of fused-ring (bicyclic) bond motifs is 1. The Morgan fingerprint density at radius 2 is 1.88 bits per heavy atom. The number of hydrogen-bond acceptors (Lipinski definition) is 6. The van der Waals surface area contributed by atoms with E-state index in [1.54, 1.807) is 4.68 Å². The van der Waals surface area contributed by atoms with E-state index in [9.17, 15) is 13.2 Å². The number of aromatic nitrogens is 3. The number of amides is 1. The highest BCUT2D eigenvalue weighted by atomic mass is 32.2. The zero-order valence-corrected chi connectivity index (χ0v) is 21.2. The number of nitrogens with zero attached hydrogens (tertiary/aromatic N) is 4. The van der Waals surface area contributed by atoms with E-state index in [-0.39, 0.29) is 23.5 Å². The number of carbonyl (C=O) groups excluding carboxylic acids is 1. The molecule has 1 atom stereocenters. The molecule has 0 spiro atoms. The van der Waals surface area contributed by atoms with Gasteiger partial charge in [0.15, 0.2) is 15.5 Å². The summed E-state index contributed by atoms with van der Waals surface area (Å²) in [6.07, 6.45) is 0.500. The van der Waals surface area contributed by atoms with Crippen molar-refractivity contribution < 1.29 is 13.2 Å². The summed E-state index contributed by atoms with van der Waals surface area (Å²) >= 11 is 0. The SMILES string of the molecule is CCN(CC)CCNC(=O)c1cc(-c2ccc(C)cc2)nc2c1c(C)nn2C1CCS(=O)(=O)C1. The quantitative estimate of drug-likeness (QED) is 0.529. The minimum atomic E-state index is -3.09. The lowest BCUT2D eigenvalue weighted by atomic mass is 10.0. The standard InChI is InChI=1S/C25H33N5O3S/c1-5-29(6-2)13-12-26-25(31)21-15-22(19-9-7-17(3)8-10-19)27-24-23(21)18(4)28-30(24)20-11-14-34(32,33)16-20/h7-10,15,20H,5-6,11-14,16H2,1-4H3,(H,26,31). The van der Waals surface area contributed by atoms with E-state index in [4.69, 9.17) is 4.98 Å². The summed E-state index contributed by atoms with van der Waals surface area (Å²) in [5.74, 6) is 0.0223. The van der Waals surface area contributed by atoms with Gasteiger partial charge in [0.05, 0.1) is 39.9 Å². The molecule has 1 aliphatic rings. The second kappa shape index (κ2) is 9.84. The maximum absolute atomic E-state index is 13.3. The van der Waals surface area contributed by atoms with Gasteiger partial charge < -0.3 is 10.2 Å². The summed E-state index contributed by atoms with van der Waals surface area (Å²) in [7, 11) is -3.09. The highest BCUT2D eigenvalue weighted by Gasteiger charge is 2.32. The van der Waals surface area contributed by atoms with Gasteiger partial charge in [0.2, 0.25) is 0 Å². The zero-order chi connectivity index (χ0) is 24.5. The summed E-state index contributed by atoms with van der Waals surface area (Å²) in [6.45, 7) is 11.3. The number of pyridine rings is 1. The fourth-order valence-corrected chi connectivity index (χ4v) is 6.24. The van der Waals surface area contributed by atoms with Crippen LogP contribution in [0.3, 0.4) is 0 Å². The Morgan fingerprint density at radius 3 is 2.50 bits per heavy atom. The van der Waals surface area contributed by atoms with Crippen molar-refractivity contribution in [3.8, 4) is 11.3 Å². The van der Waals surface area contributed by atoms with E-state index in [0.717, 1.165) is 30.8 Å². The van der Waals surface area contributed by atoms with Crippen LogP contribution >= 0.6 is 0 Å². The van der Waals surface area contributed by atoms with Crippen LogP contribution in [0.15, 0.2) is 30.3 Å². The number of nitrogens with one attached hydrogen (secondary N) is 1. The van der Waals surface area contributed by atoms with Gasteiger partial charge in [0.25, 0.3) is 5.91 Å². The zero-order valence-electron chi connectivity index (χ0n) is 20.3. The normalized spacial score (nSPS) is 17.5. The van der Waals surface area contributed by atoms with Gasteiger partial charge in [0, 0.05) is 18.7 Å². The van der Waals surface area contributed by atoms with Gasteiger partial charge in [-0.05, 0) is 39.4 Å². The van der Waals surface area contributed by atoms with Crippen molar-refractivity contribution in [1.82, 2.24) is 25.0 Å². The van der Waals surface area contributed by atoms with Crippen molar-refractivity contribution in [1.29, 1.82) is 0 Å². The van der Waals surface area contributed by atoms with Gasteiger partial charge in [0.1, 0.15) is 0 Å². The number of sulfone groups is 1. The molecular formula is C25H33N5O3S. The van der Waals surface area contributed by atoms with E-state index in [0.29, 0.717) is 41.0 Å². The Bertz CT molecular complexity index is 1290. The van der Waals surface area contributed by atoms with Crippen molar-refractivity contribution in [2.75, 3.05) is 37.7 Å². The third kappa shape index (κ3) is 5.00. The van der Waals surface area contributed by atoms with Crippen LogP contribution in [0.5, 0.6) is 0 Å². The first kappa shape index (κ1) is 24.3. The summed E-state index contributed by atoms with van der Waals surface area (Å²) in [5, 5.41) is 8.40. The van der Waals surface area contributed by atoms with E-state index < -0.39 is 9.84 Å². The van der Waals surface area contributed by atoms with Crippen LogP contribution in [0, 0.1) is 13.8 Å². The number of benzene rings is 1. The van der Waals surface area contributed by atoms with E-state index in [2.05, 4.69) is 29.2 Å². The largest absolute Gasteiger partial charge is 0.351 e. The molecule has 0 saturated carbocycles. The van der Waals surface area contributed by atoms with Gasteiger partial charge in [-0.1, -0.05) is 43.7 Å². The first-order chi connectivity index (χ1) is 16.2. The first-order valence-corrected chi connectivity index (χ1v) is 13.7. The summed E-state index contributed by atoms with van der Waals surface area (Å²) in [5.41, 5.74) is 4.46. The van der Waals surface area contributed by atoms with Crippen LogP contribution in [0.25, 0.3) is 22.3 Å². The molecule has 8 nitrogen and oxygen atoms in total. The second-order valence-corrected chi connectivity index (χ2v) is 11.2. The molecule has 0 aliphatic carbocycles. The van der Waals surface area contributed by atoms with Crippen LogP contribution in [0.1, 0.15) is 47.9 Å². The predicted molar refractivity (Wildman–Crippen MR) is 135 cm³/mol. The molecule has 0 radical (unpaired) electrons. The molecule has 0 bridgehead atoms. The van der Waals surface area contributed by atoms with Gasteiger partial charge in [-0.3, -0.25) is 4.79 Å². The van der Waals surface area contributed by atoms with Crippen molar-refractivity contribution >= 4 is 26.8 Å². The molecule has 1 aliphatic heterocycles. The van der Waals surface area contributed by atoms with Crippen LogP contribution < -0.4 is 5.32 Å². The molecule has 2 aromatic heterocycles. The summed E-state index contributed by atoms with van der Waals surface area (Å²) < 4.78 is 26.0. The van der Waals surface area contributed by atoms with E-state index >= 15 is 0 Å². The minimum absolute atomic E-state index is 0.0467. The molecule has 34 heavy (non-hydrogen) atoms. The lowest BCUT2D eigenvalue weighted by molar-refractivity contribution is 0.0950. The monoisotopic (exact) mass is 483 g/mol. The Kier molecular flexibility index (Phi) is 7.04. The van der Waals surface area contributed by atoms with Gasteiger partial charge in [-0.15, -0.1) is 0 Å². The van der Waals surface area contributed by atoms with E-state index in [1.165, 1.54) is 0 Å². The third-order valence-electron chi connectivity index (χ3n) is 6.59. The second-order valence-electron chi connectivity index (χ2n) is 8.99. The van der Waals surface area contributed by atoms with E-state index in [1.807, 2.05) is 44.2 Å². The highest BCUT2D eigenvalue weighted by Crippen LogP contribution is 2.32. The third-order valence-corrected chi connectivity index (χ3v) is 8.34. The van der Waals surface area contributed by atoms with Crippen molar-refractivity contribution in [3.63, 3.8) is 0 Å². The maximum Gasteiger partial charge on any atom is 0.252 e. The fourth-order valence-electron chi connectivity index (χ4n) is 4.55. The molecule has 3 aromatic rings. The Hall–Kier alpha value is -2.78. The Morgan fingerprint density at radius 1 is 1.18 bits per heavy atom. The minimum Gasteiger partial charge on any atom is -0.351 e. The molecular weight excluding hydrogens is 450 g/mol. The summed E-state index contributed by atoms with van der Waals surface area (Å²) in [6, 6.07) is 9.54. The smallest absolute Gasteiger partial charge is 0.252 e. The molecule has 9 heteroatoms. The van der Waals surface area contributed by atoms with Crippen LogP contribution in [-0.2, 0) is 9.84 Å². The summed E-state index contributed by atoms with van der Waals surface area (Å²) in [4.78, 5) is 20.5. The average Bonchev–Trinajstić information content (AvgIpc) is 3.35. The van der Waals surface area contributed by atoms with Gasteiger partial charge >= 0.3 is 0 Å². The predicted octanol–water partition coefficient (Wildman–Crippen LogP) is 3.15. The molecule has 1 saturated heterocycles. The molecule has 1 unspecified atom stereocenters. The van der Waals surface area contributed by atoms with Crippen LogP contribution in [0.4, 0.5) is 0 Å². The Labute approximate surface area is 201 Å². The number of hydrogen-bond donors (Lipinski definition) is 1. The number of likely N-dealkylation sites (N-methyl/N-ethyl adjacent to an activating group) is 1. The molecule has 1 fully saturated rings. The Balaban J connectivity index is 1.78. The average molecular weight is 484 g/mol. The lowest BCUT2D eigenvalue weighted by Gasteiger charge is -2.18. The molecule has 1 amide bonds. The van der Waals surface area contributed by atoms with Crippen LogP contribution in [0.2, 0.25) is 0 Å². The first-order valence-electron chi connectivity index (χ1n) is 11.9. The van der Waals surface area contributed by atoms with Crippen molar-refractivity contribution in [3.05, 3.63) is 47.2 Å². The maximum atomic E-state index is 13.3. The topological polar surface area (TPSA) is 97.2 Å². The number of aryl methyl sites for hydroxylation is 2. The van der Waals surface area contributed by atoms with Gasteiger partial charge in [-0.25, -0.2) is 18.1 Å². The molecule has 4 rings (SSSR count). The lowest BCUT2D eigenvalue weighted by Crippen LogP contribution is -2.34. The van der Waals surface area contributed by atoms with Crippen molar-refractivity contribution in [2.24, 2.45) is 0 Å². The fraction of sp³-hybridized carbons (Fsp3) is 0.480. The highest BCUT2D eigenvalue weighted by molar-refractivity contribution is 7.91. The molecule has 3 heterocycles. The molecule has 182 valence electrons. The van der Waals surface area contributed by atoms with Crippen molar-refractivity contribution in [2.45, 2.75) is 40.2 Å². The molecule has 1 aromatic carbocycles. The van der Waals surface area contributed by atoms with Gasteiger partial charge in [-0.2, -0.15) is 5.10 Å². The number of carbonyl (C=O) groups is 1.